The first-order chi connectivity index (χ1) is 7.34. The molecule has 0 aliphatic rings. The van der Waals surface area contributed by atoms with E-state index in [-0.39, 0.29) is 0 Å². The number of rotatable bonds is 1. The molecule has 0 aliphatic heterocycles. The molecule has 0 atom stereocenters. The Morgan fingerprint density at radius 3 is 3.00 bits per heavy atom. The van der Waals surface area contributed by atoms with Crippen molar-refractivity contribution in [3.8, 4) is 11.6 Å². The number of aromatic nitrogens is 4. The van der Waals surface area contributed by atoms with Gasteiger partial charge in [0.1, 0.15) is 5.82 Å². The predicted molar refractivity (Wildman–Crippen MR) is 52.9 cm³/mol. The maximum Gasteiger partial charge on any atom is 0.254 e. The second-order valence-electron chi connectivity index (χ2n) is 2.99. The summed E-state index contributed by atoms with van der Waals surface area (Å²) in [6, 6.07) is 5.22. The van der Waals surface area contributed by atoms with Crippen molar-refractivity contribution in [1.82, 2.24) is 19.6 Å². The molecular formula is C9H7N5O. The van der Waals surface area contributed by atoms with Gasteiger partial charge in [-0.15, -0.1) is 5.10 Å². The third-order valence-corrected chi connectivity index (χ3v) is 2.01. The highest BCUT2D eigenvalue weighted by Gasteiger charge is 2.10. The standard InChI is InChI=1S/C9H7N5O/c10-7-3-4-11-9-12-8(13-14(7)9)6-2-1-5-15-6/h1-5H,10H2. The molecule has 0 aliphatic carbocycles. The second-order valence-corrected chi connectivity index (χ2v) is 2.99. The van der Waals surface area contributed by atoms with Gasteiger partial charge in [0.25, 0.3) is 5.78 Å². The topological polar surface area (TPSA) is 82.2 Å². The fourth-order valence-electron chi connectivity index (χ4n) is 1.32. The number of hydrogen-bond donors (Lipinski definition) is 1. The molecule has 0 unspecified atom stereocenters. The SMILES string of the molecule is Nc1ccnc2nc(-c3ccco3)nn12. The lowest BCUT2D eigenvalue weighted by molar-refractivity contribution is 0.577. The van der Waals surface area contributed by atoms with Crippen LogP contribution in [0.1, 0.15) is 0 Å². The lowest BCUT2D eigenvalue weighted by Gasteiger charge is -1.92. The highest BCUT2D eigenvalue weighted by Crippen LogP contribution is 2.16. The Morgan fingerprint density at radius 1 is 1.33 bits per heavy atom. The fourth-order valence-corrected chi connectivity index (χ4v) is 1.32. The number of hydrogen-bond acceptors (Lipinski definition) is 5. The number of nitrogens with zero attached hydrogens (tertiary/aromatic N) is 4. The van der Waals surface area contributed by atoms with Crippen LogP contribution in [0.4, 0.5) is 5.82 Å². The quantitative estimate of drug-likeness (QED) is 0.634. The van der Waals surface area contributed by atoms with Gasteiger partial charge in [0.2, 0.25) is 5.82 Å². The van der Waals surface area contributed by atoms with Crippen LogP contribution in [0.15, 0.2) is 35.1 Å². The van der Waals surface area contributed by atoms with E-state index in [0.29, 0.717) is 23.2 Å². The number of nitrogens with two attached hydrogens (primary N) is 1. The van der Waals surface area contributed by atoms with Gasteiger partial charge in [0, 0.05) is 6.20 Å². The second kappa shape index (κ2) is 2.81. The van der Waals surface area contributed by atoms with Crippen LogP contribution in [-0.4, -0.2) is 19.6 Å². The molecule has 3 heterocycles. The van der Waals surface area contributed by atoms with Crippen LogP contribution in [0.3, 0.4) is 0 Å². The van der Waals surface area contributed by atoms with Gasteiger partial charge in [0.15, 0.2) is 5.76 Å². The zero-order valence-electron chi connectivity index (χ0n) is 7.66. The molecule has 6 heteroatoms. The molecule has 0 radical (unpaired) electrons. The molecule has 0 spiro atoms. The monoisotopic (exact) mass is 201 g/mol. The average molecular weight is 201 g/mol. The molecule has 3 aromatic rings. The van der Waals surface area contributed by atoms with Gasteiger partial charge in [-0.2, -0.15) is 9.50 Å². The summed E-state index contributed by atoms with van der Waals surface area (Å²) in [6.07, 6.45) is 3.16. The molecule has 0 saturated carbocycles. The molecule has 0 bridgehead atoms. The summed E-state index contributed by atoms with van der Waals surface area (Å²) in [7, 11) is 0. The zero-order chi connectivity index (χ0) is 10.3. The van der Waals surface area contributed by atoms with E-state index >= 15 is 0 Å². The Kier molecular flexibility index (Phi) is 1.49. The normalized spacial score (nSPS) is 10.9. The number of anilines is 1. The molecule has 15 heavy (non-hydrogen) atoms. The van der Waals surface area contributed by atoms with Gasteiger partial charge in [-0.05, 0) is 18.2 Å². The summed E-state index contributed by atoms with van der Waals surface area (Å²) in [5.74, 6) is 2.03. The molecule has 3 rings (SSSR count). The van der Waals surface area contributed by atoms with Crippen molar-refractivity contribution in [3.63, 3.8) is 0 Å². The maximum atomic E-state index is 5.71. The molecule has 6 nitrogen and oxygen atoms in total. The molecule has 0 amide bonds. The van der Waals surface area contributed by atoms with Crippen LogP contribution in [-0.2, 0) is 0 Å². The number of furan rings is 1. The van der Waals surface area contributed by atoms with E-state index in [1.165, 1.54) is 4.52 Å². The minimum absolute atomic E-state index is 0.460. The summed E-state index contributed by atoms with van der Waals surface area (Å²) in [6.45, 7) is 0. The van der Waals surface area contributed by atoms with Crippen molar-refractivity contribution in [3.05, 3.63) is 30.7 Å². The van der Waals surface area contributed by atoms with Crippen molar-refractivity contribution in [1.29, 1.82) is 0 Å². The van der Waals surface area contributed by atoms with E-state index in [1.54, 1.807) is 30.7 Å². The lowest BCUT2D eigenvalue weighted by Crippen LogP contribution is -1.98. The summed E-state index contributed by atoms with van der Waals surface area (Å²) in [5.41, 5.74) is 5.71. The van der Waals surface area contributed by atoms with Gasteiger partial charge >= 0.3 is 0 Å². The summed E-state index contributed by atoms with van der Waals surface area (Å²) in [5, 5.41) is 4.18. The first-order valence-corrected chi connectivity index (χ1v) is 4.36. The lowest BCUT2D eigenvalue weighted by atomic mass is 10.4. The maximum absolute atomic E-state index is 5.71. The van der Waals surface area contributed by atoms with E-state index in [0.717, 1.165) is 0 Å². The van der Waals surface area contributed by atoms with Gasteiger partial charge in [-0.25, -0.2) is 4.98 Å². The first kappa shape index (κ1) is 7.98. The largest absolute Gasteiger partial charge is 0.461 e. The molecular weight excluding hydrogens is 194 g/mol. The Morgan fingerprint density at radius 2 is 2.27 bits per heavy atom. The highest BCUT2D eigenvalue weighted by atomic mass is 16.3. The zero-order valence-corrected chi connectivity index (χ0v) is 7.66. The fraction of sp³-hybridized carbons (Fsp3) is 0. The Hall–Kier alpha value is -2.37. The van der Waals surface area contributed by atoms with Crippen molar-refractivity contribution in [2.24, 2.45) is 0 Å². The first-order valence-electron chi connectivity index (χ1n) is 4.36. The van der Waals surface area contributed by atoms with Gasteiger partial charge in [0.05, 0.1) is 6.26 Å². The van der Waals surface area contributed by atoms with E-state index < -0.39 is 0 Å². The average Bonchev–Trinajstić information content (AvgIpc) is 2.86. The van der Waals surface area contributed by atoms with E-state index in [2.05, 4.69) is 15.1 Å². The van der Waals surface area contributed by atoms with Crippen LogP contribution < -0.4 is 5.73 Å². The molecule has 0 fully saturated rings. The third-order valence-electron chi connectivity index (χ3n) is 2.01. The predicted octanol–water partition coefficient (Wildman–Crippen LogP) is 0.966. The van der Waals surface area contributed by atoms with Crippen LogP contribution in [0.25, 0.3) is 17.4 Å². The third kappa shape index (κ3) is 1.15. The molecule has 0 saturated heterocycles. The Labute approximate surface area is 84.4 Å². The van der Waals surface area contributed by atoms with Crippen LogP contribution >= 0.6 is 0 Å². The molecule has 2 N–H and O–H groups in total. The summed E-state index contributed by atoms with van der Waals surface area (Å²) < 4.78 is 6.65. The van der Waals surface area contributed by atoms with E-state index in [4.69, 9.17) is 10.2 Å². The van der Waals surface area contributed by atoms with Gasteiger partial charge in [-0.3, -0.25) is 0 Å². The Balaban J connectivity index is 2.27. The Bertz CT molecular complexity index is 598. The van der Waals surface area contributed by atoms with Crippen molar-refractivity contribution in [2.75, 3.05) is 5.73 Å². The minimum Gasteiger partial charge on any atom is -0.461 e. The molecule has 3 aromatic heterocycles. The van der Waals surface area contributed by atoms with Crippen LogP contribution in [0, 0.1) is 0 Å². The molecule has 74 valence electrons. The van der Waals surface area contributed by atoms with E-state index in [1.807, 2.05) is 0 Å². The van der Waals surface area contributed by atoms with E-state index in [9.17, 15) is 0 Å². The highest BCUT2D eigenvalue weighted by molar-refractivity contribution is 5.51. The van der Waals surface area contributed by atoms with Crippen molar-refractivity contribution in [2.45, 2.75) is 0 Å². The van der Waals surface area contributed by atoms with Gasteiger partial charge in [-0.1, -0.05) is 0 Å². The van der Waals surface area contributed by atoms with Crippen molar-refractivity contribution < 1.29 is 4.42 Å². The minimum atomic E-state index is 0.460. The van der Waals surface area contributed by atoms with Crippen LogP contribution in [0.2, 0.25) is 0 Å². The molecule has 0 aromatic carbocycles. The number of fused-ring (bicyclic) bond motifs is 1. The summed E-state index contributed by atoms with van der Waals surface area (Å²) in [4.78, 5) is 8.22. The number of nitrogen functional groups attached to an aromatic ring is 1. The smallest absolute Gasteiger partial charge is 0.254 e. The van der Waals surface area contributed by atoms with Crippen molar-refractivity contribution >= 4 is 11.6 Å². The summed E-state index contributed by atoms with van der Waals surface area (Å²) >= 11 is 0. The van der Waals surface area contributed by atoms with Gasteiger partial charge < -0.3 is 10.2 Å². The van der Waals surface area contributed by atoms with Crippen LogP contribution in [0.5, 0.6) is 0 Å².